The molecule has 1 fully saturated rings. The van der Waals surface area contributed by atoms with Crippen molar-refractivity contribution in [2.24, 2.45) is 0 Å². The quantitative estimate of drug-likeness (QED) is 0.835. The molecular weight excluding hydrogens is 294 g/mol. The zero-order valence-corrected chi connectivity index (χ0v) is 12.1. The summed E-state index contributed by atoms with van der Waals surface area (Å²) in [6, 6.07) is 6.98. The van der Waals surface area contributed by atoms with E-state index in [1.807, 2.05) is 0 Å². The van der Waals surface area contributed by atoms with E-state index in [9.17, 15) is 14.7 Å². The molecule has 1 amide bonds. The summed E-state index contributed by atoms with van der Waals surface area (Å²) in [5, 5.41) is 12.5. The summed E-state index contributed by atoms with van der Waals surface area (Å²) in [6.07, 6.45) is 3.47. The van der Waals surface area contributed by atoms with Crippen molar-refractivity contribution in [3.63, 3.8) is 0 Å². The summed E-state index contributed by atoms with van der Waals surface area (Å²) in [7, 11) is 0. The fourth-order valence-electron chi connectivity index (χ4n) is 2.14. The number of hydrogen-bond acceptors (Lipinski definition) is 3. The van der Waals surface area contributed by atoms with Gasteiger partial charge in [-0.25, -0.2) is 4.79 Å². The van der Waals surface area contributed by atoms with Crippen LogP contribution in [-0.4, -0.2) is 35.7 Å². The molecule has 1 aliphatic heterocycles. The molecule has 1 aliphatic rings. The van der Waals surface area contributed by atoms with Crippen molar-refractivity contribution in [2.45, 2.75) is 18.4 Å². The molecular formula is C15H16ClNO4. The Morgan fingerprint density at radius 1 is 1.24 bits per heavy atom. The van der Waals surface area contributed by atoms with Crippen LogP contribution in [0.5, 0.6) is 0 Å². The largest absolute Gasteiger partial charge is 0.480 e. The Bertz CT molecular complexity index is 547. The van der Waals surface area contributed by atoms with E-state index < -0.39 is 17.4 Å². The van der Waals surface area contributed by atoms with E-state index in [2.05, 4.69) is 5.32 Å². The molecule has 0 aromatic heterocycles. The number of nitrogens with one attached hydrogen (secondary N) is 1. The third-order valence-electron chi connectivity index (χ3n) is 3.42. The third kappa shape index (κ3) is 4.06. The van der Waals surface area contributed by atoms with Gasteiger partial charge in [-0.3, -0.25) is 4.79 Å². The van der Waals surface area contributed by atoms with Crippen molar-refractivity contribution >= 4 is 29.6 Å². The van der Waals surface area contributed by atoms with Crippen molar-refractivity contribution in [1.29, 1.82) is 0 Å². The number of carboxylic acid groups (broad SMARTS) is 1. The first-order chi connectivity index (χ1) is 10.0. The highest BCUT2D eigenvalue weighted by Gasteiger charge is 2.41. The second kappa shape index (κ2) is 6.74. The van der Waals surface area contributed by atoms with Crippen molar-refractivity contribution in [1.82, 2.24) is 5.32 Å². The van der Waals surface area contributed by atoms with E-state index in [1.165, 1.54) is 6.08 Å². The number of hydrogen-bond donors (Lipinski definition) is 2. The topological polar surface area (TPSA) is 75.6 Å². The van der Waals surface area contributed by atoms with Gasteiger partial charge < -0.3 is 15.2 Å². The number of carbonyl (C=O) groups excluding carboxylic acids is 1. The van der Waals surface area contributed by atoms with Gasteiger partial charge in [0.1, 0.15) is 5.54 Å². The molecule has 2 N–H and O–H groups in total. The molecule has 5 nitrogen and oxygen atoms in total. The zero-order chi connectivity index (χ0) is 15.3. The number of rotatable bonds is 4. The van der Waals surface area contributed by atoms with E-state index in [0.29, 0.717) is 18.2 Å². The SMILES string of the molecule is O=C(/C=C/c1ccc(Cl)cc1)NC1(C(=O)O)CCOCC1. The van der Waals surface area contributed by atoms with Gasteiger partial charge in [0.15, 0.2) is 0 Å². The first-order valence-electron chi connectivity index (χ1n) is 6.59. The van der Waals surface area contributed by atoms with Crippen LogP contribution < -0.4 is 5.32 Å². The van der Waals surface area contributed by atoms with Gasteiger partial charge in [-0.05, 0) is 23.8 Å². The normalized spacial score (nSPS) is 17.6. The summed E-state index contributed by atoms with van der Waals surface area (Å²) in [5.74, 6) is -1.46. The van der Waals surface area contributed by atoms with E-state index in [4.69, 9.17) is 16.3 Å². The molecule has 112 valence electrons. The lowest BCUT2D eigenvalue weighted by molar-refractivity contribution is -0.151. The zero-order valence-electron chi connectivity index (χ0n) is 11.3. The number of carbonyl (C=O) groups is 2. The number of halogens is 1. The van der Waals surface area contributed by atoms with Gasteiger partial charge in [0.2, 0.25) is 5.91 Å². The molecule has 1 saturated heterocycles. The van der Waals surface area contributed by atoms with Gasteiger partial charge in [-0.2, -0.15) is 0 Å². The second-order valence-electron chi connectivity index (χ2n) is 4.87. The number of benzene rings is 1. The van der Waals surface area contributed by atoms with Crippen LogP contribution in [0, 0.1) is 0 Å². The molecule has 1 aromatic rings. The fraction of sp³-hybridized carbons (Fsp3) is 0.333. The van der Waals surface area contributed by atoms with E-state index >= 15 is 0 Å². The molecule has 0 bridgehead atoms. The maximum absolute atomic E-state index is 11.9. The lowest BCUT2D eigenvalue weighted by Crippen LogP contribution is -2.57. The predicted octanol–water partition coefficient (Wildman–Crippen LogP) is 2.10. The number of ether oxygens (including phenoxy) is 1. The molecule has 21 heavy (non-hydrogen) atoms. The Balaban J connectivity index is 2.02. The van der Waals surface area contributed by atoms with Crippen LogP contribution >= 0.6 is 11.6 Å². The Morgan fingerprint density at radius 2 is 1.86 bits per heavy atom. The van der Waals surface area contributed by atoms with Gasteiger partial charge in [0, 0.05) is 37.2 Å². The highest BCUT2D eigenvalue weighted by molar-refractivity contribution is 6.30. The predicted molar refractivity (Wildman–Crippen MR) is 79.0 cm³/mol. The van der Waals surface area contributed by atoms with Gasteiger partial charge in [0.05, 0.1) is 0 Å². The summed E-state index contributed by atoms with van der Waals surface area (Å²) < 4.78 is 5.15. The fourth-order valence-corrected chi connectivity index (χ4v) is 2.26. The van der Waals surface area contributed by atoms with Crippen molar-refractivity contribution in [3.05, 3.63) is 40.9 Å². The van der Waals surface area contributed by atoms with Gasteiger partial charge in [0.25, 0.3) is 0 Å². The Morgan fingerprint density at radius 3 is 2.43 bits per heavy atom. The molecule has 6 heteroatoms. The average molecular weight is 310 g/mol. The minimum atomic E-state index is -1.24. The van der Waals surface area contributed by atoms with E-state index in [0.717, 1.165) is 5.56 Å². The van der Waals surface area contributed by atoms with Crippen LogP contribution in [0.3, 0.4) is 0 Å². The van der Waals surface area contributed by atoms with E-state index in [1.54, 1.807) is 30.3 Å². The molecule has 1 aromatic carbocycles. The number of carboxylic acids is 1. The smallest absolute Gasteiger partial charge is 0.329 e. The van der Waals surface area contributed by atoms with Crippen LogP contribution in [0.4, 0.5) is 0 Å². The van der Waals surface area contributed by atoms with Gasteiger partial charge in [-0.15, -0.1) is 0 Å². The lowest BCUT2D eigenvalue weighted by Gasteiger charge is -2.33. The third-order valence-corrected chi connectivity index (χ3v) is 3.67. The highest BCUT2D eigenvalue weighted by atomic mass is 35.5. The average Bonchev–Trinajstić information content (AvgIpc) is 2.47. The second-order valence-corrected chi connectivity index (χ2v) is 5.31. The summed E-state index contributed by atoms with van der Waals surface area (Å²) in [4.78, 5) is 23.3. The number of amides is 1. The Labute approximate surface area is 127 Å². The Kier molecular flexibility index (Phi) is 4.98. The lowest BCUT2D eigenvalue weighted by atomic mass is 9.90. The molecule has 0 aliphatic carbocycles. The first-order valence-corrected chi connectivity index (χ1v) is 6.97. The van der Waals surface area contributed by atoms with Crippen molar-refractivity contribution in [2.75, 3.05) is 13.2 Å². The summed E-state index contributed by atoms with van der Waals surface area (Å²) >= 11 is 5.78. The van der Waals surface area contributed by atoms with Gasteiger partial charge in [-0.1, -0.05) is 23.7 Å². The Hall–Kier alpha value is -1.85. The van der Waals surface area contributed by atoms with Gasteiger partial charge >= 0.3 is 5.97 Å². The summed E-state index contributed by atoms with van der Waals surface area (Å²) in [5.41, 5.74) is -0.425. The molecule has 0 atom stereocenters. The van der Waals surface area contributed by atoms with Crippen LogP contribution in [0.25, 0.3) is 6.08 Å². The van der Waals surface area contributed by atoms with Crippen LogP contribution in [-0.2, 0) is 14.3 Å². The molecule has 0 unspecified atom stereocenters. The summed E-state index contributed by atoms with van der Waals surface area (Å²) in [6.45, 7) is 0.654. The minimum absolute atomic E-state index is 0.267. The molecule has 0 radical (unpaired) electrons. The van der Waals surface area contributed by atoms with Crippen molar-refractivity contribution < 1.29 is 19.4 Å². The van der Waals surface area contributed by atoms with Crippen LogP contribution in [0.2, 0.25) is 5.02 Å². The van der Waals surface area contributed by atoms with Crippen molar-refractivity contribution in [3.8, 4) is 0 Å². The maximum atomic E-state index is 11.9. The number of aliphatic carboxylic acids is 1. The van der Waals surface area contributed by atoms with E-state index in [-0.39, 0.29) is 12.8 Å². The van der Waals surface area contributed by atoms with Crippen LogP contribution in [0.1, 0.15) is 18.4 Å². The maximum Gasteiger partial charge on any atom is 0.329 e. The molecule has 0 saturated carbocycles. The molecule has 1 heterocycles. The molecule has 0 spiro atoms. The standard InChI is InChI=1S/C15H16ClNO4/c16-12-4-1-11(2-5-12)3-6-13(18)17-15(14(19)20)7-9-21-10-8-15/h1-6H,7-10H2,(H,17,18)(H,19,20)/b6-3+. The monoisotopic (exact) mass is 309 g/mol. The minimum Gasteiger partial charge on any atom is -0.480 e. The highest BCUT2D eigenvalue weighted by Crippen LogP contribution is 2.21. The first kappa shape index (κ1) is 15.5. The van der Waals surface area contributed by atoms with Crippen LogP contribution in [0.15, 0.2) is 30.3 Å². The molecule has 2 rings (SSSR count).